The summed E-state index contributed by atoms with van der Waals surface area (Å²) < 4.78 is 4.93. The molecule has 1 atom stereocenters. The fourth-order valence-corrected chi connectivity index (χ4v) is 1.07. The Hall–Kier alpha value is -0.610. The van der Waals surface area contributed by atoms with E-state index in [4.69, 9.17) is 15.6 Å². The lowest BCUT2D eigenvalue weighted by atomic mass is 10.2. The van der Waals surface area contributed by atoms with Crippen molar-refractivity contribution in [2.75, 3.05) is 13.2 Å². The van der Waals surface area contributed by atoms with Crippen LogP contribution >= 0.6 is 0 Å². The SMILES string of the molecule is CCCCCCOC(=O)[C@@H](N)CCO. The summed E-state index contributed by atoms with van der Waals surface area (Å²) in [5, 5.41) is 8.54. The largest absolute Gasteiger partial charge is 0.465 e. The van der Waals surface area contributed by atoms with Gasteiger partial charge >= 0.3 is 5.97 Å². The average Bonchev–Trinajstić information content (AvgIpc) is 2.17. The van der Waals surface area contributed by atoms with Gasteiger partial charge < -0.3 is 15.6 Å². The Morgan fingerprint density at radius 3 is 2.71 bits per heavy atom. The molecule has 3 N–H and O–H groups in total. The summed E-state index contributed by atoms with van der Waals surface area (Å²) in [5.74, 6) is -0.407. The van der Waals surface area contributed by atoms with Crippen molar-refractivity contribution < 1.29 is 14.6 Å². The van der Waals surface area contributed by atoms with E-state index in [1.54, 1.807) is 0 Å². The van der Waals surface area contributed by atoms with Gasteiger partial charge in [-0.15, -0.1) is 0 Å². The molecule has 0 unspecified atom stereocenters. The van der Waals surface area contributed by atoms with Gasteiger partial charge in [-0.05, 0) is 12.8 Å². The van der Waals surface area contributed by atoms with E-state index in [0.29, 0.717) is 6.61 Å². The maximum absolute atomic E-state index is 11.1. The molecule has 4 nitrogen and oxygen atoms in total. The van der Waals surface area contributed by atoms with E-state index in [2.05, 4.69) is 6.92 Å². The molecule has 0 saturated heterocycles. The van der Waals surface area contributed by atoms with Crippen molar-refractivity contribution >= 4 is 5.97 Å². The van der Waals surface area contributed by atoms with Crippen LogP contribution in [-0.4, -0.2) is 30.3 Å². The van der Waals surface area contributed by atoms with Gasteiger partial charge in [-0.1, -0.05) is 26.2 Å². The molecule has 0 aliphatic heterocycles. The van der Waals surface area contributed by atoms with Crippen LogP contribution < -0.4 is 5.73 Å². The first-order valence-corrected chi connectivity index (χ1v) is 5.25. The minimum absolute atomic E-state index is 0.0773. The number of hydrogen-bond acceptors (Lipinski definition) is 4. The highest BCUT2D eigenvalue weighted by atomic mass is 16.5. The Kier molecular flexibility index (Phi) is 8.57. The lowest BCUT2D eigenvalue weighted by molar-refractivity contribution is -0.145. The van der Waals surface area contributed by atoms with E-state index < -0.39 is 12.0 Å². The fraction of sp³-hybridized carbons (Fsp3) is 0.900. The number of esters is 1. The van der Waals surface area contributed by atoms with E-state index in [1.165, 1.54) is 6.42 Å². The number of nitrogens with two attached hydrogens (primary N) is 1. The lowest BCUT2D eigenvalue weighted by Crippen LogP contribution is -2.33. The fourth-order valence-electron chi connectivity index (χ4n) is 1.07. The molecule has 0 saturated carbocycles. The number of aliphatic hydroxyl groups excluding tert-OH is 1. The van der Waals surface area contributed by atoms with Crippen LogP contribution in [0.25, 0.3) is 0 Å². The zero-order valence-corrected chi connectivity index (χ0v) is 8.87. The molecule has 0 spiro atoms. The van der Waals surface area contributed by atoms with Crippen molar-refractivity contribution in [3.8, 4) is 0 Å². The van der Waals surface area contributed by atoms with Gasteiger partial charge in [0.2, 0.25) is 0 Å². The van der Waals surface area contributed by atoms with Crippen molar-refractivity contribution in [1.29, 1.82) is 0 Å². The maximum Gasteiger partial charge on any atom is 0.322 e. The molecule has 84 valence electrons. The topological polar surface area (TPSA) is 72.5 Å². The molecule has 0 aliphatic carbocycles. The predicted molar refractivity (Wildman–Crippen MR) is 54.8 cm³/mol. The Morgan fingerprint density at radius 2 is 2.14 bits per heavy atom. The van der Waals surface area contributed by atoms with Gasteiger partial charge in [-0.25, -0.2) is 0 Å². The van der Waals surface area contributed by atoms with Gasteiger partial charge in [-0.2, -0.15) is 0 Å². The van der Waals surface area contributed by atoms with Crippen molar-refractivity contribution in [1.82, 2.24) is 0 Å². The summed E-state index contributed by atoms with van der Waals surface area (Å²) in [6, 6.07) is -0.675. The van der Waals surface area contributed by atoms with Crippen LogP contribution in [-0.2, 0) is 9.53 Å². The van der Waals surface area contributed by atoms with Gasteiger partial charge in [0.15, 0.2) is 0 Å². The number of carbonyl (C=O) groups excluding carboxylic acids is 1. The second-order valence-corrected chi connectivity index (χ2v) is 3.35. The van der Waals surface area contributed by atoms with E-state index >= 15 is 0 Å². The van der Waals surface area contributed by atoms with E-state index in [1.807, 2.05) is 0 Å². The van der Waals surface area contributed by atoms with Gasteiger partial charge in [0.05, 0.1) is 6.61 Å². The molecule has 0 bridgehead atoms. The Balaban J connectivity index is 3.34. The molecule has 0 fully saturated rings. The normalized spacial score (nSPS) is 12.5. The van der Waals surface area contributed by atoms with Crippen molar-refractivity contribution in [2.24, 2.45) is 5.73 Å². The van der Waals surface area contributed by atoms with E-state index in [9.17, 15) is 4.79 Å². The summed E-state index contributed by atoms with van der Waals surface area (Å²) in [4.78, 5) is 11.1. The number of hydrogen-bond donors (Lipinski definition) is 2. The van der Waals surface area contributed by atoms with E-state index in [0.717, 1.165) is 19.3 Å². The Bertz CT molecular complexity index is 150. The summed E-state index contributed by atoms with van der Waals surface area (Å²) in [6.07, 6.45) is 4.58. The number of aliphatic hydroxyl groups is 1. The van der Waals surface area contributed by atoms with Crippen LogP contribution in [0.15, 0.2) is 0 Å². The van der Waals surface area contributed by atoms with Crippen LogP contribution in [0, 0.1) is 0 Å². The molecule has 0 aromatic heterocycles. The Labute approximate surface area is 85.4 Å². The molecule has 0 aromatic rings. The van der Waals surface area contributed by atoms with Gasteiger partial charge in [0.1, 0.15) is 6.04 Å². The highest BCUT2D eigenvalue weighted by molar-refractivity contribution is 5.75. The molecular formula is C10H21NO3. The molecule has 0 rings (SSSR count). The third kappa shape index (κ3) is 6.86. The minimum Gasteiger partial charge on any atom is -0.465 e. The van der Waals surface area contributed by atoms with Crippen molar-refractivity contribution in [3.05, 3.63) is 0 Å². The van der Waals surface area contributed by atoms with Gasteiger partial charge in [0, 0.05) is 6.61 Å². The highest BCUT2D eigenvalue weighted by Crippen LogP contribution is 2.00. The van der Waals surface area contributed by atoms with Gasteiger partial charge in [-0.3, -0.25) is 4.79 Å². The average molecular weight is 203 g/mol. The third-order valence-electron chi connectivity index (χ3n) is 1.99. The van der Waals surface area contributed by atoms with Crippen molar-refractivity contribution in [3.63, 3.8) is 0 Å². The second kappa shape index (κ2) is 8.97. The van der Waals surface area contributed by atoms with Gasteiger partial charge in [0.25, 0.3) is 0 Å². The zero-order chi connectivity index (χ0) is 10.8. The molecule has 0 amide bonds. The van der Waals surface area contributed by atoms with Crippen LogP contribution in [0.1, 0.15) is 39.0 Å². The van der Waals surface area contributed by atoms with Crippen molar-refractivity contribution in [2.45, 2.75) is 45.1 Å². The first-order chi connectivity index (χ1) is 6.72. The predicted octanol–water partition coefficient (Wildman–Crippen LogP) is 0.820. The first-order valence-electron chi connectivity index (χ1n) is 5.25. The Morgan fingerprint density at radius 1 is 1.43 bits per heavy atom. The highest BCUT2D eigenvalue weighted by Gasteiger charge is 2.13. The molecular weight excluding hydrogens is 182 g/mol. The molecule has 0 aromatic carbocycles. The first kappa shape index (κ1) is 13.4. The smallest absolute Gasteiger partial charge is 0.322 e. The molecule has 0 heterocycles. The second-order valence-electron chi connectivity index (χ2n) is 3.35. The van der Waals surface area contributed by atoms with E-state index in [-0.39, 0.29) is 13.0 Å². The number of unbranched alkanes of at least 4 members (excludes halogenated alkanes) is 3. The molecule has 4 heteroatoms. The summed E-state index contributed by atoms with van der Waals surface area (Å²) in [7, 11) is 0. The number of carbonyl (C=O) groups is 1. The molecule has 14 heavy (non-hydrogen) atoms. The number of ether oxygens (including phenoxy) is 1. The van der Waals surface area contributed by atoms with Crippen LogP contribution in [0.4, 0.5) is 0 Å². The lowest BCUT2D eigenvalue weighted by Gasteiger charge is -2.09. The quantitative estimate of drug-likeness (QED) is 0.452. The molecule has 0 radical (unpaired) electrons. The monoisotopic (exact) mass is 203 g/mol. The summed E-state index contributed by atoms with van der Waals surface area (Å²) in [6.45, 7) is 2.49. The van der Waals surface area contributed by atoms with Crippen LogP contribution in [0.2, 0.25) is 0 Å². The zero-order valence-electron chi connectivity index (χ0n) is 8.87. The summed E-state index contributed by atoms with van der Waals surface area (Å²) in [5.41, 5.74) is 5.43. The molecule has 0 aliphatic rings. The third-order valence-corrected chi connectivity index (χ3v) is 1.99. The maximum atomic E-state index is 11.1. The number of rotatable bonds is 8. The standard InChI is InChI=1S/C10H21NO3/c1-2-3-4-5-8-14-10(13)9(11)6-7-12/h9,12H,2-8,11H2,1H3/t9-/m0/s1. The van der Waals surface area contributed by atoms with Crippen LogP contribution in [0.5, 0.6) is 0 Å². The summed E-state index contributed by atoms with van der Waals surface area (Å²) >= 11 is 0. The van der Waals surface area contributed by atoms with Crippen LogP contribution in [0.3, 0.4) is 0 Å². The minimum atomic E-state index is -0.675.